The minimum Gasteiger partial charge on any atom is -0.462 e. The van der Waals surface area contributed by atoms with Crippen LogP contribution in [-0.2, 0) is 14.3 Å². The van der Waals surface area contributed by atoms with E-state index in [1.807, 2.05) is 30.3 Å². The molecule has 144 valence electrons. The number of furan rings is 1. The molecule has 6 heteroatoms. The normalized spacial score (nSPS) is 14.6. The second-order valence-electron chi connectivity index (χ2n) is 6.20. The molecule has 2 aromatic carbocycles. The van der Waals surface area contributed by atoms with Gasteiger partial charge in [-0.3, -0.25) is 0 Å². The fraction of sp³-hybridized carbons (Fsp3) is 0.0870. The van der Waals surface area contributed by atoms with Crippen LogP contribution in [0.15, 0.2) is 81.8 Å². The Morgan fingerprint density at radius 1 is 1.00 bits per heavy atom. The molecule has 29 heavy (non-hydrogen) atoms. The average Bonchev–Trinajstić information content (AvgIpc) is 3.36. The van der Waals surface area contributed by atoms with Crippen molar-refractivity contribution in [3.63, 3.8) is 0 Å². The largest absolute Gasteiger partial charge is 0.462 e. The molecule has 0 bridgehead atoms. The second-order valence-corrected chi connectivity index (χ2v) is 6.20. The zero-order valence-corrected chi connectivity index (χ0v) is 15.6. The molecule has 3 aromatic rings. The van der Waals surface area contributed by atoms with E-state index in [9.17, 15) is 9.59 Å². The average molecular weight is 387 g/mol. The van der Waals surface area contributed by atoms with Gasteiger partial charge in [-0.1, -0.05) is 30.3 Å². The van der Waals surface area contributed by atoms with Crippen LogP contribution in [0, 0.1) is 0 Å². The predicted octanol–water partition coefficient (Wildman–Crippen LogP) is 4.47. The van der Waals surface area contributed by atoms with Gasteiger partial charge in [0.2, 0.25) is 5.90 Å². The van der Waals surface area contributed by atoms with E-state index >= 15 is 0 Å². The summed E-state index contributed by atoms with van der Waals surface area (Å²) in [5.41, 5.74) is 2.17. The van der Waals surface area contributed by atoms with Gasteiger partial charge in [-0.05, 0) is 43.3 Å². The van der Waals surface area contributed by atoms with Crippen LogP contribution < -0.4 is 0 Å². The molecular weight excluding hydrogens is 370 g/mol. The lowest BCUT2D eigenvalue weighted by Gasteiger charge is -2.02. The number of hydrogen-bond acceptors (Lipinski definition) is 6. The van der Waals surface area contributed by atoms with E-state index in [0.717, 1.165) is 11.1 Å². The molecule has 1 aliphatic rings. The van der Waals surface area contributed by atoms with Crippen molar-refractivity contribution < 1.29 is 23.5 Å². The molecule has 0 aliphatic carbocycles. The van der Waals surface area contributed by atoms with Gasteiger partial charge < -0.3 is 13.9 Å². The van der Waals surface area contributed by atoms with E-state index in [2.05, 4.69) is 4.99 Å². The fourth-order valence-electron chi connectivity index (χ4n) is 2.82. The van der Waals surface area contributed by atoms with Crippen LogP contribution in [0.3, 0.4) is 0 Å². The topological polar surface area (TPSA) is 78.1 Å². The van der Waals surface area contributed by atoms with Gasteiger partial charge in [0, 0.05) is 17.2 Å². The van der Waals surface area contributed by atoms with E-state index < -0.39 is 5.97 Å². The predicted molar refractivity (Wildman–Crippen MR) is 107 cm³/mol. The SMILES string of the molecule is CCOC(=O)c1ccc(-c2ccc(/C=C3/N=C(c4ccccc4)OC3=O)o2)cc1. The Morgan fingerprint density at radius 2 is 1.76 bits per heavy atom. The molecule has 6 nitrogen and oxygen atoms in total. The van der Waals surface area contributed by atoms with E-state index in [0.29, 0.717) is 23.7 Å². The van der Waals surface area contributed by atoms with Gasteiger partial charge in [0.05, 0.1) is 12.2 Å². The first kappa shape index (κ1) is 18.4. The maximum absolute atomic E-state index is 12.1. The summed E-state index contributed by atoms with van der Waals surface area (Å²) in [6.45, 7) is 2.09. The van der Waals surface area contributed by atoms with Crippen LogP contribution in [0.2, 0.25) is 0 Å². The number of nitrogens with zero attached hydrogens (tertiary/aromatic N) is 1. The first-order chi connectivity index (χ1) is 14.1. The highest BCUT2D eigenvalue weighted by Gasteiger charge is 2.24. The summed E-state index contributed by atoms with van der Waals surface area (Å²) in [5, 5.41) is 0. The molecule has 0 unspecified atom stereocenters. The van der Waals surface area contributed by atoms with E-state index in [1.54, 1.807) is 43.3 Å². The molecule has 1 aliphatic heterocycles. The van der Waals surface area contributed by atoms with Crippen molar-refractivity contribution in [2.45, 2.75) is 6.92 Å². The Morgan fingerprint density at radius 3 is 2.48 bits per heavy atom. The molecule has 0 radical (unpaired) electrons. The number of carbonyl (C=O) groups excluding carboxylic acids is 2. The number of benzene rings is 2. The van der Waals surface area contributed by atoms with E-state index in [-0.39, 0.29) is 17.6 Å². The number of rotatable bonds is 5. The molecule has 0 spiro atoms. The third kappa shape index (κ3) is 4.01. The molecule has 0 amide bonds. The van der Waals surface area contributed by atoms with Gasteiger partial charge >= 0.3 is 11.9 Å². The third-order valence-electron chi connectivity index (χ3n) is 4.23. The zero-order chi connectivity index (χ0) is 20.2. The Balaban J connectivity index is 1.54. The van der Waals surface area contributed by atoms with Crippen LogP contribution >= 0.6 is 0 Å². The Kier molecular flexibility index (Phi) is 5.07. The van der Waals surface area contributed by atoms with Crippen molar-refractivity contribution in [1.29, 1.82) is 0 Å². The Hall–Kier alpha value is -3.93. The van der Waals surface area contributed by atoms with Crippen molar-refractivity contribution >= 4 is 23.9 Å². The Bertz CT molecular complexity index is 1110. The molecule has 0 N–H and O–H groups in total. The first-order valence-corrected chi connectivity index (χ1v) is 9.09. The second kappa shape index (κ2) is 7.98. The number of aliphatic imine (C=N–C) groups is 1. The van der Waals surface area contributed by atoms with Crippen molar-refractivity contribution in [1.82, 2.24) is 0 Å². The number of cyclic esters (lactones) is 1. The van der Waals surface area contributed by atoms with Crippen LogP contribution in [0.4, 0.5) is 0 Å². The Labute approximate surface area is 167 Å². The monoisotopic (exact) mass is 387 g/mol. The summed E-state index contributed by atoms with van der Waals surface area (Å²) >= 11 is 0. The summed E-state index contributed by atoms with van der Waals surface area (Å²) in [7, 11) is 0. The summed E-state index contributed by atoms with van der Waals surface area (Å²) < 4.78 is 16.0. The fourth-order valence-corrected chi connectivity index (χ4v) is 2.82. The van der Waals surface area contributed by atoms with Crippen LogP contribution in [-0.4, -0.2) is 24.4 Å². The van der Waals surface area contributed by atoms with Gasteiger partial charge in [0.25, 0.3) is 0 Å². The summed E-state index contributed by atoms with van der Waals surface area (Å²) in [6.07, 6.45) is 1.54. The smallest absolute Gasteiger partial charge is 0.363 e. The van der Waals surface area contributed by atoms with Crippen molar-refractivity contribution in [3.05, 3.63) is 89.3 Å². The van der Waals surface area contributed by atoms with Crippen molar-refractivity contribution in [2.24, 2.45) is 4.99 Å². The minimum absolute atomic E-state index is 0.169. The summed E-state index contributed by atoms with van der Waals surface area (Å²) in [4.78, 5) is 28.1. The molecule has 1 aromatic heterocycles. The van der Waals surface area contributed by atoms with E-state index in [1.165, 1.54) is 6.08 Å². The van der Waals surface area contributed by atoms with Crippen molar-refractivity contribution in [2.75, 3.05) is 6.61 Å². The molecule has 0 atom stereocenters. The minimum atomic E-state index is -0.527. The summed E-state index contributed by atoms with van der Waals surface area (Å²) in [5.74, 6) is 0.449. The maximum atomic E-state index is 12.1. The van der Waals surface area contributed by atoms with Crippen LogP contribution in [0.1, 0.15) is 28.6 Å². The molecule has 4 rings (SSSR count). The summed E-state index contributed by atoms with van der Waals surface area (Å²) in [6, 6.07) is 19.6. The third-order valence-corrected chi connectivity index (χ3v) is 4.23. The lowest BCUT2D eigenvalue weighted by Crippen LogP contribution is -2.04. The van der Waals surface area contributed by atoms with Gasteiger partial charge in [0.1, 0.15) is 11.5 Å². The van der Waals surface area contributed by atoms with Gasteiger partial charge in [0.15, 0.2) is 5.70 Å². The van der Waals surface area contributed by atoms with Crippen molar-refractivity contribution in [3.8, 4) is 11.3 Å². The molecular formula is C23H17NO5. The van der Waals surface area contributed by atoms with Crippen LogP contribution in [0.25, 0.3) is 17.4 Å². The molecule has 0 saturated carbocycles. The van der Waals surface area contributed by atoms with Gasteiger partial charge in [-0.25, -0.2) is 14.6 Å². The van der Waals surface area contributed by atoms with Gasteiger partial charge in [-0.15, -0.1) is 0 Å². The van der Waals surface area contributed by atoms with Gasteiger partial charge in [-0.2, -0.15) is 0 Å². The number of hydrogen-bond donors (Lipinski definition) is 0. The first-order valence-electron chi connectivity index (χ1n) is 9.09. The quantitative estimate of drug-likeness (QED) is 0.477. The number of esters is 2. The highest BCUT2D eigenvalue weighted by molar-refractivity contribution is 6.12. The lowest BCUT2D eigenvalue weighted by atomic mass is 10.1. The van der Waals surface area contributed by atoms with E-state index in [4.69, 9.17) is 13.9 Å². The zero-order valence-electron chi connectivity index (χ0n) is 15.6. The highest BCUT2D eigenvalue weighted by Crippen LogP contribution is 2.25. The number of ether oxygens (including phenoxy) is 2. The molecule has 0 saturated heterocycles. The molecule has 0 fully saturated rings. The maximum Gasteiger partial charge on any atom is 0.363 e. The number of carbonyl (C=O) groups is 2. The highest BCUT2D eigenvalue weighted by atomic mass is 16.6. The molecule has 2 heterocycles. The van der Waals surface area contributed by atoms with Crippen LogP contribution in [0.5, 0.6) is 0 Å². The standard InChI is InChI=1S/C23H17NO5/c1-2-27-22(25)17-10-8-15(9-11-17)20-13-12-18(28-20)14-19-23(26)29-21(24-19)16-6-4-3-5-7-16/h3-14H,2H2,1H3/b19-14+. The lowest BCUT2D eigenvalue weighted by molar-refractivity contribution is -0.129.